The van der Waals surface area contributed by atoms with E-state index < -0.39 is 0 Å². The molecule has 0 bridgehead atoms. The van der Waals surface area contributed by atoms with E-state index in [-0.39, 0.29) is 0 Å². The van der Waals surface area contributed by atoms with Crippen LogP contribution in [0.3, 0.4) is 0 Å². The molecule has 0 saturated heterocycles. The third-order valence-electron chi connectivity index (χ3n) is 13.3. The smallest absolute Gasteiger partial charge is 0.0602 e. The van der Waals surface area contributed by atoms with Crippen molar-refractivity contribution in [3.8, 4) is 0 Å². The fourth-order valence-electron chi connectivity index (χ4n) is 10.9. The molecular weight excluding hydrogens is 390 g/mol. The van der Waals surface area contributed by atoms with Crippen LogP contribution in [-0.4, -0.2) is 10.9 Å². The van der Waals surface area contributed by atoms with Gasteiger partial charge in [-0.15, -0.1) is 0 Å². The lowest BCUT2D eigenvalue weighted by Crippen LogP contribution is -2.55. The topological polar surface area (TPSA) is 32.6 Å². The third-order valence-corrected chi connectivity index (χ3v) is 13.3. The van der Waals surface area contributed by atoms with Crippen molar-refractivity contribution in [3.63, 3.8) is 0 Å². The molecule has 2 nitrogen and oxygen atoms in total. The molecule has 5 fully saturated rings. The summed E-state index contributed by atoms with van der Waals surface area (Å²) >= 11 is 0. The van der Waals surface area contributed by atoms with Crippen LogP contribution in [0.2, 0.25) is 0 Å². The fourth-order valence-corrected chi connectivity index (χ4v) is 10.9. The summed E-state index contributed by atoms with van der Waals surface area (Å²) in [6.45, 7) is 19.2. The molecule has 0 amide bonds. The molecule has 0 radical (unpaired) electrons. The molecular formula is C30H49NO. The Morgan fingerprint density at radius 3 is 2.47 bits per heavy atom. The van der Waals surface area contributed by atoms with E-state index in [2.05, 4.69) is 53.3 Å². The summed E-state index contributed by atoms with van der Waals surface area (Å²) in [7, 11) is 0. The van der Waals surface area contributed by atoms with Gasteiger partial charge in [-0.25, -0.2) is 0 Å². The van der Waals surface area contributed by atoms with Crippen LogP contribution in [0, 0.1) is 57.2 Å². The number of rotatable bonds is 5. The van der Waals surface area contributed by atoms with Gasteiger partial charge in [0.25, 0.3) is 0 Å². The molecule has 1 N–H and O–H groups in total. The number of hydrogen-bond acceptors (Lipinski definition) is 2. The molecule has 32 heavy (non-hydrogen) atoms. The first kappa shape index (κ1) is 23.0. The average molecular weight is 440 g/mol. The van der Waals surface area contributed by atoms with Gasteiger partial charge in [-0.2, -0.15) is 0 Å². The van der Waals surface area contributed by atoms with Crippen LogP contribution in [-0.2, 0) is 0 Å². The minimum absolute atomic E-state index is 0.488. The van der Waals surface area contributed by atoms with Gasteiger partial charge < -0.3 is 5.21 Å². The summed E-state index contributed by atoms with van der Waals surface area (Å²) in [5.74, 6) is 4.58. The highest BCUT2D eigenvalue weighted by atomic mass is 16.4. The van der Waals surface area contributed by atoms with Gasteiger partial charge in [0.05, 0.1) is 5.71 Å². The Labute approximate surface area is 197 Å². The van der Waals surface area contributed by atoms with Crippen molar-refractivity contribution >= 4 is 5.71 Å². The SMILES string of the molecule is C=C(C)[C@@H](C)CC[C@@H](C)[C@H]1CC[C@@]2(C)[C@@H]3CC[C@H]4[C@H](C)/C(=N/O)CC[C@@]45C[C@@]35CC[C@]12C. The van der Waals surface area contributed by atoms with Crippen LogP contribution >= 0.6 is 0 Å². The lowest BCUT2D eigenvalue weighted by molar-refractivity contribution is -0.127. The third kappa shape index (κ3) is 2.73. The summed E-state index contributed by atoms with van der Waals surface area (Å²) < 4.78 is 0. The highest BCUT2D eigenvalue weighted by molar-refractivity contribution is 5.87. The van der Waals surface area contributed by atoms with Crippen molar-refractivity contribution in [2.45, 2.75) is 112 Å². The maximum Gasteiger partial charge on any atom is 0.0602 e. The first-order chi connectivity index (χ1) is 15.1. The average Bonchev–Trinajstić information content (AvgIpc) is 3.34. The van der Waals surface area contributed by atoms with E-state index in [0.717, 1.165) is 35.8 Å². The van der Waals surface area contributed by atoms with E-state index in [9.17, 15) is 5.21 Å². The van der Waals surface area contributed by atoms with Crippen LogP contribution < -0.4 is 0 Å². The molecule has 0 aromatic carbocycles. The largest absolute Gasteiger partial charge is 0.411 e. The summed E-state index contributed by atoms with van der Waals surface area (Å²) in [4.78, 5) is 0. The number of hydrogen-bond donors (Lipinski definition) is 1. The molecule has 5 aliphatic rings. The van der Waals surface area contributed by atoms with Crippen LogP contribution in [0.1, 0.15) is 112 Å². The van der Waals surface area contributed by atoms with Gasteiger partial charge in [-0.05, 0) is 129 Å². The summed E-state index contributed by atoms with van der Waals surface area (Å²) in [5, 5.41) is 13.3. The number of allylic oxidation sites excluding steroid dienone is 1. The fraction of sp³-hybridized carbons (Fsp3) is 0.900. The van der Waals surface area contributed by atoms with Gasteiger partial charge in [-0.3, -0.25) is 0 Å². The predicted molar refractivity (Wildman–Crippen MR) is 134 cm³/mol. The Kier molecular flexibility index (Phi) is 5.28. The first-order valence-electron chi connectivity index (χ1n) is 13.9. The van der Waals surface area contributed by atoms with E-state index in [1.54, 1.807) is 0 Å². The van der Waals surface area contributed by atoms with E-state index in [0.29, 0.717) is 33.5 Å². The highest BCUT2D eigenvalue weighted by Gasteiger charge is 2.81. The monoisotopic (exact) mass is 439 g/mol. The Morgan fingerprint density at radius 2 is 1.78 bits per heavy atom. The number of nitrogens with zero attached hydrogens (tertiary/aromatic N) is 1. The zero-order valence-electron chi connectivity index (χ0n) is 21.8. The number of oxime groups is 1. The molecule has 180 valence electrons. The molecule has 0 aromatic heterocycles. The van der Waals surface area contributed by atoms with E-state index in [1.807, 2.05) is 0 Å². The molecule has 5 saturated carbocycles. The molecule has 2 spiro atoms. The van der Waals surface area contributed by atoms with Crippen molar-refractivity contribution in [1.82, 2.24) is 0 Å². The maximum atomic E-state index is 9.55. The minimum Gasteiger partial charge on any atom is -0.411 e. The van der Waals surface area contributed by atoms with Crippen LogP contribution in [0.4, 0.5) is 0 Å². The van der Waals surface area contributed by atoms with Gasteiger partial charge in [-0.1, -0.05) is 51.9 Å². The van der Waals surface area contributed by atoms with Crippen molar-refractivity contribution in [2.24, 2.45) is 62.3 Å². The van der Waals surface area contributed by atoms with Gasteiger partial charge in [0.2, 0.25) is 0 Å². The molecule has 5 rings (SSSR count). The van der Waals surface area contributed by atoms with Gasteiger partial charge in [0.15, 0.2) is 0 Å². The second kappa shape index (κ2) is 7.35. The standard InChI is InChI=1S/C30H49NO/c1-19(2)20(3)8-9-21(4)23-12-14-28(7)26-11-10-24-22(5)25(31-32)13-15-29(24)18-30(26,29)17-16-27(23,28)6/h20-24,26,32H,1,8-18H2,2-7H3/b31-25+/t20-,21+,22-,23+,24-,26-,27+,28-,29+,30-/m0/s1. The van der Waals surface area contributed by atoms with Gasteiger partial charge in [0.1, 0.15) is 0 Å². The molecule has 0 aromatic rings. The Morgan fingerprint density at radius 1 is 1.03 bits per heavy atom. The zero-order valence-corrected chi connectivity index (χ0v) is 21.8. The van der Waals surface area contributed by atoms with Gasteiger partial charge in [0, 0.05) is 5.92 Å². The Balaban J connectivity index is 1.37. The summed E-state index contributed by atoms with van der Waals surface area (Å²) in [5.41, 5.74) is 4.68. The van der Waals surface area contributed by atoms with Crippen molar-refractivity contribution in [3.05, 3.63) is 12.2 Å². The Bertz CT molecular complexity index is 816. The lowest BCUT2D eigenvalue weighted by atomic mass is 9.43. The van der Waals surface area contributed by atoms with Crippen molar-refractivity contribution in [1.29, 1.82) is 0 Å². The van der Waals surface area contributed by atoms with Crippen LogP contribution in [0.15, 0.2) is 17.3 Å². The zero-order chi connectivity index (χ0) is 23.1. The van der Waals surface area contributed by atoms with Crippen molar-refractivity contribution < 1.29 is 5.21 Å². The summed E-state index contributed by atoms with van der Waals surface area (Å²) in [6, 6.07) is 0. The predicted octanol–water partition coefficient (Wildman–Crippen LogP) is 8.49. The quantitative estimate of drug-likeness (QED) is 0.260. The van der Waals surface area contributed by atoms with Gasteiger partial charge >= 0.3 is 0 Å². The van der Waals surface area contributed by atoms with E-state index >= 15 is 0 Å². The molecule has 10 atom stereocenters. The van der Waals surface area contributed by atoms with E-state index in [1.165, 1.54) is 69.8 Å². The Hall–Kier alpha value is -0.790. The van der Waals surface area contributed by atoms with Crippen molar-refractivity contribution in [2.75, 3.05) is 0 Å². The van der Waals surface area contributed by atoms with E-state index in [4.69, 9.17) is 0 Å². The maximum absolute atomic E-state index is 9.55. The summed E-state index contributed by atoms with van der Waals surface area (Å²) in [6.07, 6.45) is 15.1. The molecule has 0 heterocycles. The normalized spacial score (nSPS) is 52.4. The second-order valence-corrected chi connectivity index (χ2v) is 13.9. The molecule has 5 aliphatic carbocycles. The molecule has 0 aliphatic heterocycles. The van der Waals surface area contributed by atoms with Crippen LogP contribution in [0.5, 0.6) is 0 Å². The highest BCUT2D eigenvalue weighted by Crippen LogP contribution is 2.88. The number of fused-ring (bicyclic) bond motifs is 2. The van der Waals surface area contributed by atoms with Crippen LogP contribution in [0.25, 0.3) is 0 Å². The lowest BCUT2D eigenvalue weighted by Gasteiger charge is -2.62. The molecule has 0 unspecified atom stereocenters. The molecule has 2 heteroatoms. The minimum atomic E-state index is 0.488. The second-order valence-electron chi connectivity index (χ2n) is 13.9. The first-order valence-corrected chi connectivity index (χ1v) is 13.9.